The van der Waals surface area contributed by atoms with Crippen LogP contribution in [0.4, 0.5) is 5.82 Å². The summed E-state index contributed by atoms with van der Waals surface area (Å²) in [5.74, 6) is 2.70. The molecule has 3 aromatic rings. The summed E-state index contributed by atoms with van der Waals surface area (Å²) in [5, 5.41) is 9.28. The summed E-state index contributed by atoms with van der Waals surface area (Å²) in [6.45, 7) is 4.41. The molecule has 0 radical (unpaired) electrons. The van der Waals surface area contributed by atoms with Crippen LogP contribution in [0.15, 0.2) is 16.0 Å². The first-order valence-electron chi connectivity index (χ1n) is 6.97. The lowest BCUT2D eigenvalue weighted by atomic mass is 10.3. The zero-order chi connectivity index (χ0) is 15.5. The van der Waals surface area contributed by atoms with E-state index in [2.05, 4.69) is 25.4 Å². The van der Waals surface area contributed by atoms with Gasteiger partial charge in [0.2, 0.25) is 5.89 Å². The molecule has 116 valence electrons. The van der Waals surface area contributed by atoms with Gasteiger partial charge in [0.15, 0.2) is 5.82 Å². The maximum absolute atomic E-state index is 5.30. The highest BCUT2D eigenvalue weighted by Crippen LogP contribution is 2.28. The molecule has 0 aliphatic carbocycles. The van der Waals surface area contributed by atoms with E-state index in [-0.39, 0.29) is 6.04 Å². The number of methoxy groups -OCH3 is 1. The van der Waals surface area contributed by atoms with Crippen molar-refractivity contribution in [2.45, 2.75) is 26.3 Å². The Labute approximate surface area is 131 Å². The number of anilines is 1. The van der Waals surface area contributed by atoms with Crippen LogP contribution in [-0.2, 0) is 11.2 Å². The molecule has 3 heterocycles. The number of aromatic nitrogens is 4. The molecule has 0 aliphatic heterocycles. The standard InChI is InChI=1S/C14H17N5O2S/c1-8(14-18-11(19-21-14)4-6-20-3)15-13-12-10(5-7-22-12)16-9(2)17-13/h5,7-8H,4,6H2,1-3H3,(H,15,16,17). The average molecular weight is 319 g/mol. The molecule has 3 rings (SSSR count). The first-order valence-corrected chi connectivity index (χ1v) is 7.85. The fraction of sp³-hybridized carbons (Fsp3) is 0.429. The van der Waals surface area contributed by atoms with Gasteiger partial charge in [0, 0.05) is 13.5 Å². The highest BCUT2D eigenvalue weighted by molar-refractivity contribution is 7.17. The van der Waals surface area contributed by atoms with Crippen molar-refractivity contribution < 1.29 is 9.26 Å². The van der Waals surface area contributed by atoms with Crippen LogP contribution in [0.3, 0.4) is 0 Å². The molecular formula is C14H17N5O2S. The predicted octanol–water partition coefficient (Wildman–Crippen LogP) is 2.74. The quantitative estimate of drug-likeness (QED) is 0.747. The molecule has 0 amide bonds. The van der Waals surface area contributed by atoms with Crippen LogP contribution in [0, 0.1) is 6.92 Å². The van der Waals surface area contributed by atoms with Crippen LogP contribution < -0.4 is 5.32 Å². The highest BCUT2D eigenvalue weighted by Gasteiger charge is 2.17. The van der Waals surface area contributed by atoms with Crippen molar-refractivity contribution in [3.63, 3.8) is 0 Å². The van der Waals surface area contributed by atoms with Crippen molar-refractivity contribution in [3.8, 4) is 0 Å². The van der Waals surface area contributed by atoms with Crippen molar-refractivity contribution in [2.24, 2.45) is 0 Å². The van der Waals surface area contributed by atoms with Crippen LogP contribution in [0.2, 0.25) is 0 Å². The number of nitrogens with zero attached hydrogens (tertiary/aromatic N) is 4. The molecule has 0 bridgehead atoms. The second kappa shape index (κ2) is 6.37. The van der Waals surface area contributed by atoms with Crippen LogP contribution in [0.5, 0.6) is 0 Å². The molecule has 0 spiro atoms. The van der Waals surface area contributed by atoms with Gasteiger partial charge >= 0.3 is 0 Å². The Morgan fingerprint density at radius 1 is 1.36 bits per heavy atom. The molecule has 0 fully saturated rings. The number of hydrogen-bond acceptors (Lipinski definition) is 8. The SMILES string of the molecule is COCCc1noc(C(C)Nc2nc(C)nc3ccsc23)n1. The van der Waals surface area contributed by atoms with Crippen LogP contribution in [0.25, 0.3) is 10.2 Å². The monoisotopic (exact) mass is 319 g/mol. The Morgan fingerprint density at radius 2 is 2.23 bits per heavy atom. The van der Waals surface area contributed by atoms with Crippen LogP contribution in [0.1, 0.15) is 30.5 Å². The van der Waals surface area contributed by atoms with Gasteiger partial charge in [-0.15, -0.1) is 11.3 Å². The minimum atomic E-state index is -0.136. The highest BCUT2D eigenvalue weighted by atomic mass is 32.1. The third-order valence-corrected chi connectivity index (χ3v) is 4.06. The van der Waals surface area contributed by atoms with Gasteiger partial charge in [-0.05, 0) is 25.3 Å². The van der Waals surface area contributed by atoms with Gasteiger partial charge < -0.3 is 14.6 Å². The Balaban J connectivity index is 1.79. The zero-order valence-corrected chi connectivity index (χ0v) is 13.5. The van der Waals surface area contributed by atoms with Crippen molar-refractivity contribution in [2.75, 3.05) is 19.0 Å². The van der Waals surface area contributed by atoms with Gasteiger partial charge in [-0.1, -0.05) is 5.16 Å². The van der Waals surface area contributed by atoms with Crippen molar-refractivity contribution in [3.05, 3.63) is 29.0 Å². The molecule has 22 heavy (non-hydrogen) atoms. The van der Waals surface area contributed by atoms with Gasteiger partial charge in [0.1, 0.15) is 17.7 Å². The topological polar surface area (TPSA) is 86.0 Å². The molecule has 1 N–H and O–H groups in total. The first-order chi connectivity index (χ1) is 10.7. The number of rotatable bonds is 6. The molecule has 0 saturated heterocycles. The van der Waals surface area contributed by atoms with Crippen molar-refractivity contribution >= 4 is 27.4 Å². The summed E-state index contributed by atoms with van der Waals surface area (Å²) < 4.78 is 11.3. The normalized spacial score (nSPS) is 12.7. The Morgan fingerprint density at radius 3 is 3.05 bits per heavy atom. The number of hydrogen-bond donors (Lipinski definition) is 1. The Kier molecular flexibility index (Phi) is 4.30. The molecule has 0 aromatic carbocycles. The van der Waals surface area contributed by atoms with Gasteiger partial charge in [0.05, 0.1) is 16.8 Å². The Hall–Kier alpha value is -2.06. The van der Waals surface area contributed by atoms with Crippen LogP contribution in [-0.4, -0.2) is 33.8 Å². The van der Waals surface area contributed by atoms with Gasteiger partial charge in [-0.2, -0.15) is 4.98 Å². The summed E-state index contributed by atoms with van der Waals surface area (Å²) in [6, 6.07) is 1.85. The summed E-state index contributed by atoms with van der Waals surface area (Å²) in [5.41, 5.74) is 0.943. The van der Waals surface area contributed by atoms with Gasteiger partial charge in [0.25, 0.3) is 0 Å². The Bertz CT molecular complexity index is 770. The van der Waals surface area contributed by atoms with E-state index in [4.69, 9.17) is 9.26 Å². The lowest BCUT2D eigenvalue weighted by Crippen LogP contribution is -2.09. The van der Waals surface area contributed by atoms with E-state index < -0.39 is 0 Å². The third kappa shape index (κ3) is 3.07. The fourth-order valence-electron chi connectivity index (χ4n) is 2.08. The van der Waals surface area contributed by atoms with E-state index in [1.165, 1.54) is 0 Å². The largest absolute Gasteiger partial charge is 0.384 e. The van der Waals surface area contributed by atoms with Crippen molar-refractivity contribution in [1.29, 1.82) is 0 Å². The maximum atomic E-state index is 5.30. The maximum Gasteiger partial charge on any atom is 0.248 e. The second-order valence-corrected chi connectivity index (χ2v) is 5.83. The molecule has 1 unspecified atom stereocenters. The van der Waals surface area contributed by atoms with E-state index >= 15 is 0 Å². The lowest BCUT2D eigenvalue weighted by Gasteiger charge is -2.11. The number of nitrogens with one attached hydrogen (secondary N) is 1. The molecule has 3 aromatic heterocycles. The first kappa shape index (κ1) is 14.9. The third-order valence-electron chi connectivity index (χ3n) is 3.15. The van der Waals surface area contributed by atoms with Gasteiger partial charge in [-0.3, -0.25) is 0 Å². The van der Waals surface area contributed by atoms with E-state index in [0.29, 0.717) is 24.7 Å². The second-order valence-electron chi connectivity index (χ2n) is 4.91. The molecule has 7 nitrogen and oxygen atoms in total. The number of fused-ring (bicyclic) bond motifs is 1. The zero-order valence-electron chi connectivity index (χ0n) is 12.7. The average Bonchev–Trinajstić information content (AvgIpc) is 3.13. The minimum absolute atomic E-state index is 0.136. The smallest absolute Gasteiger partial charge is 0.248 e. The summed E-state index contributed by atoms with van der Waals surface area (Å²) in [7, 11) is 1.65. The van der Waals surface area contributed by atoms with E-state index in [1.807, 2.05) is 25.3 Å². The fourth-order valence-corrected chi connectivity index (χ4v) is 2.87. The minimum Gasteiger partial charge on any atom is -0.384 e. The molecule has 0 saturated carbocycles. The molecule has 8 heteroatoms. The molecule has 0 aliphatic rings. The summed E-state index contributed by atoms with van der Waals surface area (Å²) in [4.78, 5) is 13.3. The summed E-state index contributed by atoms with van der Waals surface area (Å²) in [6.07, 6.45) is 0.633. The van der Waals surface area contributed by atoms with Crippen molar-refractivity contribution in [1.82, 2.24) is 20.1 Å². The van der Waals surface area contributed by atoms with E-state index in [1.54, 1.807) is 18.4 Å². The predicted molar refractivity (Wildman–Crippen MR) is 84.1 cm³/mol. The molecular weight excluding hydrogens is 302 g/mol. The molecule has 1 atom stereocenters. The van der Waals surface area contributed by atoms with Crippen LogP contribution >= 0.6 is 11.3 Å². The van der Waals surface area contributed by atoms with E-state index in [9.17, 15) is 0 Å². The van der Waals surface area contributed by atoms with E-state index in [0.717, 1.165) is 21.9 Å². The number of thiophene rings is 1. The number of aryl methyl sites for hydroxylation is 1. The number of ether oxygens (including phenoxy) is 1. The summed E-state index contributed by atoms with van der Waals surface area (Å²) >= 11 is 1.61. The van der Waals surface area contributed by atoms with Gasteiger partial charge in [-0.25, -0.2) is 9.97 Å². The lowest BCUT2D eigenvalue weighted by molar-refractivity contribution is 0.199.